The molecule has 1 nitrogen and oxygen atoms in total. The third-order valence-electron chi connectivity index (χ3n) is 1.22. The summed E-state index contributed by atoms with van der Waals surface area (Å²) in [5.74, 6) is 2.45. The number of carbonyl (C=O) groups is 1. The number of aldehydes is 1. The van der Waals surface area contributed by atoms with Gasteiger partial charge in [-0.25, -0.2) is 0 Å². The average Bonchev–Trinajstić information content (AvgIpc) is 2.03. The highest BCUT2D eigenvalue weighted by Gasteiger charge is 1.94. The van der Waals surface area contributed by atoms with Crippen LogP contribution in [0.3, 0.4) is 0 Å². The molecule has 0 unspecified atom stereocenters. The molecule has 0 N–H and O–H groups in total. The lowest BCUT2D eigenvalue weighted by Gasteiger charge is -1.94. The van der Waals surface area contributed by atoms with Gasteiger partial charge in [0.25, 0.3) is 0 Å². The number of benzene rings is 1. The number of carbonyl (C=O) groups excluding carboxylic acids is 1. The van der Waals surface area contributed by atoms with Gasteiger partial charge in [0, 0.05) is 15.6 Å². The fourth-order valence-corrected chi connectivity index (χ4v) is 1.27. The molecule has 0 radical (unpaired) electrons. The Kier molecular flexibility index (Phi) is 2.45. The number of halogens is 1. The lowest BCUT2D eigenvalue weighted by Crippen LogP contribution is -1.82. The second-order valence-corrected chi connectivity index (χ2v) is 2.95. The molecule has 0 atom stereocenters. The third kappa shape index (κ3) is 1.92. The van der Waals surface area contributed by atoms with E-state index in [-0.39, 0.29) is 0 Å². The van der Waals surface area contributed by atoms with Crippen LogP contribution >= 0.6 is 15.9 Å². The van der Waals surface area contributed by atoms with E-state index < -0.39 is 0 Å². The second kappa shape index (κ2) is 3.36. The summed E-state index contributed by atoms with van der Waals surface area (Å²) < 4.78 is 0.829. The topological polar surface area (TPSA) is 17.1 Å². The van der Waals surface area contributed by atoms with Crippen molar-refractivity contribution in [3.8, 4) is 12.3 Å². The van der Waals surface area contributed by atoms with Crippen LogP contribution in [-0.2, 0) is 0 Å². The van der Waals surface area contributed by atoms with Crippen molar-refractivity contribution in [2.24, 2.45) is 0 Å². The van der Waals surface area contributed by atoms with E-state index in [2.05, 4.69) is 21.9 Å². The predicted octanol–water partition coefficient (Wildman–Crippen LogP) is 2.24. The Bertz CT molecular complexity index is 323. The van der Waals surface area contributed by atoms with Crippen molar-refractivity contribution in [1.82, 2.24) is 0 Å². The van der Waals surface area contributed by atoms with Gasteiger partial charge in [-0.15, -0.1) is 6.42 Å². The van der Waals surface area contributed by atoms with E-state index in [9.17, 15) is 4.79 Å². The van der Waals surface area contributed by atoms with E-state index in [0.717, 1.165) is 10.8 Å². The molecule has 1 aromatic rings. The minimum Gasteiger partial charge on any atom is -0.298 e. The van der Waals surface area contributed by atoms with Gasteiger partial charge < -0.3 is 0 Å². The zero-order valence-corrected chi connectivity index (χ0v) is 7.26. The van der Waals surface area contributed by atoms with Gasteiger partial charge in [0.05, 0.1) is 0 Å². The molecule has 11 heavy (non-hydrogen) atoms. The summed E-state index contributed by atoms with van der Waals surface area (Å²) in [6, 6.07) is 5.17. The molecular formula is C9H5BrO. The molecule has 0 aromatic heterocycles. The van der Waals surface area contributed by atoms with E-state index in [0.29, 0.717) is 11.1 Å². The van der Waals surface area contributed by atoms with Gasteiger partial charge in [-0.05, 0) is 18.2 Å². The number of terminal acetylenes is 1. The standard InChI is InChI=1S/C9H5BrO/c1-2-7-3-8(6-11)5-9(10)4-7/h1,3-6H. The van der Waals surface area contributed by atoms with Gasteiger partial charge in [-0.1, -0.05) is 21.9 Å². The fourth-order valence-electron chi connectivity index (χ4n) is 0.764. The molecule has 54 valence electrons. The highest BCUT2D eigenvalue weighted by molar-refractivity contribution is 9.10. The first-order chi connectivity index (χ1) is 5.26. The molecule has 0 heterocycles. The van der Waals surface area contributed by atoms with E-state index >= 15 is 0 Å². The normalized spacial score (nSPS) is 8.73. The van der Waals surface area contributed by atoms with Crippen LogP contribution in [-0.4, -0.2) is 6.29 Å². The first kappa shape index (κ1) is 8.03. The Labute approximate surface area is 73.6 Å². The quantitative estimate of drug-likeness (QED) is 0.512. The van der Waals surface area contributed by atoms with Crippen molar-refractivity contribution in [1.29, 1.82) is 0 Å². The van der Waals surface area contributed by atoms with Gasteiger partial charge in [-0.2, -0.15) is 0 Å². The van der Waals surface area contributed by atoms with Crippen LogP contribution in [0.25, 0.3) is 0 Å². The number of hydrogen-bond acceptors (Lipinski definition) is 1. The summed E-state index contributed by atoms with van der Waals surface area (Å²) in [6.07, 6.45) is 5.92. The maximum atomic E-state index is 10.3. The summed E-state index contributed by atoms with van der Waals surface area (Å²) in [4.78, 5) is 10.3. The predicted molar refractivity (Wildman–Crippen MR) is 47.5 cm³/mol. The maximum Gasteiger partial charge on any atom is 0.150 e. The lowest BCUT2D eigenvalue weighted by atomic mass is 10.1. The van der Waals surface area contributed by atoms with Crippen LogP contribution in [0.2, 0.25) is 0 Å². The first-order valence-electron chi connectivity index (χ1n) is 2.98. The molecule has 0 saturated heterocycles. The van der Waals surface area contributed by atoms with Gasteiger partial charge in [0.2, 0.25) is 0 Å². The Morgan fingerprint density at radius 1 is 1.45 bits per heavy atom. The van der Waals surface area contributed by atoms with Gasteiger partial charge in [0.15, 0.2) is 0 Å². The van der Waals surface area contributed by atoms with Crippen molar-refractivity contribution in [3.05, 3.63) is 33.8 Å². The second-order valence-electron chi connectivity index (χ2n) is 2.04. The molecular weight excluding hydrogens is 204 g/mol. The summed E-state index contributed by atoms with van der Waals surface area (Å²) in [5, 5.41) is 0. The van der Waals surface area contributed by atoms with E-state index in [4.69, 9.17) is 6.42 Å². The average molecular weight is 209 g/mol. The number of rotatable bonds is 1. The Morgan fingerprint density at radius 2 is 2.18 bits per heavy atom. The van der Waals surface area contributed by atoms with Gasteiger partial charge >= 0.3 is 0 Å². The highest BCUT2D eigenvalue weighted by atomic mass is 79.9. The Hall–Kier alpha value is -1.07. The Morgan fingerprint density at radius 3 is 2.73 bits per heavy atom. The van der Waals surface area contributed by atoms with E-state index in [1.807, 2.05) is 0 Å². The summed E-state index contributed by atoms with van der Waals surface area (Å²) in [7, 11) is 0. The summed E-state index contributed by atoms with van der Waals surface area (Å²) in [6.45, 7) is 0. The van der Waals surface area contributed by atoms with E-state index in [1.54, 1.807) is 18.2 Å². The third-order valence-corrected chi connectivity index (χ3v) is 1.68. The van der Waals surface area contributed by atoms with Crippen LogP contribution in [0, 0.1) is 12.3 Å². The van der Waals surface area contributed by atoms with Gasteiger partial charge in [0.1, 0.15) is 6.29 Å². The lowest BCUT2D eigenvalue weighted by molar-refractivity contribution is 0.112. The van der Waals surface area contributed by atoms with Crippen molar-refractivity contribution in [2.45, 2.75) is 0 Å². The fraction of sp³-hybridized carbons (Fsp3) is 0. The van der Waals surface area contributed by atoms with Crippen LogP contribution in [0.15, 0.2) is 22.7 Å². The molecule has 0 saturated carbocycles. The van der Waals surface area contributed by atoms with Crippen LogP contribution in [0.5, 0.6) is 0 Å². The molecule has 0 fully saturated rings. The summed E-state index contributed by atoms with van der Waals surface area (Å²) >= 11 is 3.24. The molecule has 0 aliphatic rings. The highest BCUT2D eigenvalue weighted by Crippen LogP contribution is 2.13. The van der Waals surface area contributed by atoms with Crippen molar-refractivity contribution >= 4 is 22.2 Å². The smallest absolute Gasteiger partial charge is 0.150 e. The van der Waals surface area contributed by atoms with Crippen LogP contribution in [0.4, 0.5) is 0 Å². The molecule has 0 aliphatic heterocycles. The summed E-state index contributed by atoms with van der Waals surface area (Å²) in [5.41, 5.74) is 1.30. The van der Waals surface area contributed by atoms with Gasteiger partial charge in [-0.3, -0.25) is 4.79 Å². The Balaban J connectivity index is 3.25. The molecule has 0 bridgehead atoms. The molecule has 0 aliphatic carbocycles. The minimum absolute atomic E-state index is 0.590. The van der Waals surface area contributed by atoms with Crippen molar-refractivity contribution in [3.63, 3.8) is 0 Å². The van der Waals surface area contributed by atoms with Crippen molar-refractivity contribution in [2.75, 3.05) is 0 Å². The van der Waals surface area contributed by atoms with Crippen molar-refractivity contribution < 1.29 is 4.79 Å². The minimum atomic E-state index is 0.590. The molecule has 2 heteroatoms. The largest absolute Gasteiger partial charge is 0.298 e. The van der Waals surface area contributed by atoms with Crippen LogP contribution in [0.1, 0.15) is 15.9 Å². The maximum absolute atomic E-state index is 10.3. The SMILES string of the molecule is C#Cc1cc(Br)cc(C=O)c1. The molecule has 0 spiro atoms. The zero-order valence-electron chi connectivity index (χ0n) is 5.67. The van der Waals surface area contributed by atoms with Crippen LogP contribution < -0.4 is 0 Å². The zero-order chi connectivity index (χ0) is 8.27. The van der Waals surface area contributed by atoms with E-state index in [1.165, 1.54) is 0 Å². The first-order valence-corrected chi connectivity index (χ1v) is 3.78. The molecule has 1 rings (SSSR count). The molecule has 1 aromatic carbocycles. The molecule has 0 amide bonds. The number of hydrogen-bond donors (Lipinski definition) is 0. The monoisotopic (exact) mass is 208 g/mol.